The number of carbonyl (C=O) groups is 1. The Hall–Kier alpha value is -2.51. The fourth-order valence-electron chi connectivity index (χ4n) is 2.30. The van der Waals surface area contributed by atoms with E-state index in [1.807, 2.05) is 19.1 Å². The van der Waals surface area contributed by atoms with Crippen LogP contribution in [0, 0.1) is 12.7 Å². The topological polar surface area (TPSA) is 66.4 Å². The molecular weight excluding hydrogens is 361 g/mol. The third kappa shape index (κ3) is 3.78. The van der Waals surface area contributed by atoms with Crippen LogP contribution < -0.4 is 4.72 Å². The van der Waals surface area contributed by atoms with Gasteiger partial charge in [0.15, 0.2) is 11.0 Å². The number of hydrogen-bond acceptors (Lipinski definition) is 3. The standard InChI is InChI=1S/C18H14FNO3S2/c1-11-4-2-3-5-16(11)25(23)20-14-10-15(24-17(14)18(21)22)12-6-8-13(19)9-7-12/h2-10,20H,1H3,(H,21,22). The molecule has 0 amide bonds. The van der Waals surface area contributed by atoms with Gasteiger partial charge >= 0.3 is 5.97 Å². The van der Waals surface area contributed by atoms with Crippen LogP contribution in [0.4, 0.5) is 10.1 Å². The highest BCUT2D eigenvalue weighted by Gasteiger charge is 2.19. The molecule has 0 bridgehead atoms. The molecule has 3 rings (SSSR count). The number of benzene rings is 2. The van der Waals surface area contributed by atoms with Gasteiger partial charge in [-0.3, -0.25) is 4.72 Å². The first-order valence-corrected chi connectivity index (χ1v) is 9.29. The van der Waals surface area contributed by atoms with Crippen molar-refractivity contribution in [3.63, 3.8) is 0 Å². The van der Waals surface area contributed by atoms with Crippen LogP contribution in [0.3, 0.4) is 0 Å². The highest BCUT2D eigenvalue weighted by molar-refractivity contribution is 7.86. The number of thiophene rings is 1. The Balaban J connectivity index is 1.95. The second-order valence-electron chi connectivity index (χ2n) is 5.30. The normalized spacial score (nSPS) is 11.9. The van der Waals surface area contributed by atoms with Gasteiger partial charge in [-0.2, -0.15) is 0 Å². The fraction of sp³-hybridized carbons (Fsp3) is 0.0556. The summed E-state index contributed by atoms with van der Waals surface area (Å²) in [6.07, 6.45) is 0. The Kier molecular flexibility index (Phi) is 4.96. The van der Waals surface area contributed by atoms with Crippen molar-refractivity contribution >= 4 is 34.0 Å². The van der Waals surface area contributed by atoms with Gasteiger partial charge in [0, 0.05) is 4.88 Å². The Bertz CT molecular complexity index is 951. The van der Waals surface area contributed by atoms with Crippen LogP contribution >= 0.6 is 11.3 Å². The summed E-state index contributed by atoms with van der Waals surface area (Å²) in [6.45, 7) is 1.84. The van der Waals surface area contributed by atoms with Gasteiger partial charge in [-0.25, -0.2) is 13.4 Å². The second kappa shape index (κ2) is 7.16. The van der Waals surface area contributed by atoms with Crippen LogP contribution in [0.25, 0.3) is 10.4 Å². The van der Waals surface area contributed by atoms with Crippen molar-refractivity contribution in [2.24, 2.45) is 0 Å². The number of carboxylic acid groups (broad SMARTS) is 1. The van der Waals surface area contributed by atoms with Gasteiger partial charge in [-0.05, 0) is 42.3 Å². The van der Waals surface area contributed by atoms with E-state index in [0.29, 0.717) is 15.3 Å². The van der Waals surface area contributed by atoms with Crippen molar-refractivity contribution < 1.29 is 18.5 Å². The molecule has 0 saturated carbocycles. The molecule has 0 aliphatic carbocycles. The van der Waals surface area contributed by atoms with E-state index < -0.39 is 17.0 Å². The summed E-state index contributed by atoms with van der Waals surface area (Å²) in [5.41, 5.74) is 1.82. The smallest absolute Gasteiger partial charge is 0.348 e. The van der Waals surface area contributed by atoms with E-state index in [9.17, 15) is 18.5 Å². The van der Waals surface area contributed by atoms with E-state index in [-0.39, 0.29) is 16.4 Å². The van der Waals surface area contributed by atoms with Crippen molar-refractivity contribution in [1.29, 1.82) is 0 Å². The van der Waals surface area contributed by atoms with Crippen molar-refractivity contribution in [2.45, 2.75) is 11.8 Å². The molecule has 0 saturated heterocycles. The molecule has 128 valence electrons. The maximum atomic E-state index is 13.1. The number of halogens is 1. The predicted molar refractivity (Wildman–Crippen MR) is 97.9 cm³/mol. The highest BCUT2D eigenvalue weighted by Crippen LogP contribution is 2.35. The van der Waals surface area contributed by atoms with Crippen LogP contribution in [0.15, 0.2) is 59.5 Å². The maximum absolute atomic E-state index is 13.1. The lowest BCUT2D eigenvalue weighted by Crippen LogP contribution is -2.08. The molecule has 0 spiro atoms. The van der Waals surface area contributed by atoms with Gasteiger partial charge in [0.05, 0.1) is 10.6 Å². The summed E-state index contributed by atoms with van der Waals surface area (Å²) in [5.74, 6) is -1.47. The summed E-state index contributed by atoms with van der Waals surface area (Å²) in [6, 6.07) is 14.6. The zero-order valence-corrected chi connectivity index (χ0v) is 14.8. The van der Waals surface area contributed by atoms with Gasteiger partial charge < -0.3 is 5.11 Å². The molecule has 0 fully saturated rings. The fourth-order valence-corrected chi connectivity index (χ4v) is 4.36. The molecule has 1 unspecified atom stereocenters. The quantitative estimate of drug-likeness (QED) is 0.679. The van der Waals surface area contributed by atoms with Crippen molar-refractivity contribution in [2.75, 3.05) is 4.72 Å². The molecule has 1 aromatic heterocycles. The number of carboxylic acids is 1. The number of aryl methyl sites for hydroxylation is 1. The van der Waals surface area contributed by atoms with Crippen LogP contribution in [-0.2, 0) is 11.0 Å². The summed E-state index contributed by atoms with van der Waals surface area (Å²) < 4.78 is 28.4. The van der Waals surface area contributed by atoms with E-state index in [1.165, 1.54) is 12.1 Å². The SMILES string of the molecule is Cc1ccccc1S(=O)Nc1cc(-c2ccc(F)cc2)sc1C(=O)O. The van der Waals surface area contributed by atoms with Gasteiger partial charge in [0.25, 0.3) is 0 Å². The first kappa shape index (κ1) is 17.3. The molecule has 1 heterocycles. The minimum absolute atomic E-state index is 0.0567. The average Bonchev–Trinajstić information content (AvgIpc) is 3.00. The number of hydrogen-bond donors (Lipinski definition) is 2. The Morgan fingerprint density at radius 2 is 1.84 bits per heavy atom. The summed E-state index contributed by atoms with van der Waals surface area (Å²) in [4.78, 5) is 12.8. The molecule has 0 aliphatic heterocycles. The summed E-state index contributed by atoms with van der Waals surface area (Å²) in [7, 11) is -1.59. The Labute approximate surface area is 150 Å². The minimum Gasteiger partial charge on any atom is -0.477 e. The second-order valence-corrected chi connectivity index (χ2v) is 7.54. The van der Waals surface area contributed by atoms with Crippen molar-refractivity contribution in [3.05, 3.63) is 70.9 Å². The number of anilines is 1. The first-order chi connectivity index (χ1) is 12.0. The summed E-state index contributed by atoms with van der Waals surface area (Å²) >= 11 is 1.05. The van der Waals surface area contributed by atoms with E-state index in [4.69, 9.17) is 0 Å². The molecule has 2 N–H and O–H groups in total. The van der Waals surface area contributed by atoms with E-state index in [1.54, 1.807) is 30.3 Å². The molecule has 2 aromatic carbocycles. The molecular formula is C18H14FNO3S2. The van der Waals surface area contributed by atoms with Crippen LogP contribution in [-0.4, -0.2) is 15.3 Å². The largest absolute Gasteiger partial charge is 0.477 e. The number of aromatic carboxylic acids is 1. The lowest BCUT2D eigenvalue weighted by atomic mass is 10.2. The minimum atomic E-state index is -1.59. The van der Waals surface area contributed by atoms with Crippen molar-refractivity contribution in [1.82, 2.24) is 0 Å². The van der Waals surface area contributed by atoms with Gasteiger partial charge in [-0.1, -0.05) is 30.3 Å². The van der Waals surface area contributed by atoms with Gasteiger partial charge in [0.2, 0.25) is 0 Å². The lowest BCUT2D eigenvalue weighted by Gasteiger charge is -2.07. The average molecular weight is 375 g/mol. The highest BCUT2D eigenvalue weighted by atomic mass is 32.2. The van der Waals surface area contributed by atoms with E-state index in [2.05, 4.69) is 4.72 Å². The predicted octanol–water partition coefficient (Wildman–Crippen LogP) is 4.70. The first-order valence-electron chi connectivity index (χ1n) is 7.33. The third-order valence-electron chi connectivity index (χ3n) is 3.55. The Morgan fingerprint density at radius 3 is 2.48 bits per heavy atom. The zero-order chi connectivity index (χ0) is 18.0. The van der Waals surface area contributed by atoms with Gasteiger partial charge in [-0.15, -0.1) is 11.3 Å². The molecule has 7 heteroatoms. The molecule has 3 aromatic rings. The number of nitrogens with one attached hydrogen (secondary N) is 1. The number of rotatable bonds is 5. The van der Waals surface area contributed by atoms with Gasteiger partial charge in [0.1, 0.15) is 10.7 Å². The molecule has 4 nitrogen and oxygen atoms in total. The van der Waals surface area contributed by atoms with Crippen LogP contribution in [0.2, 0.25) is 0 Å². The van der Waals surface area contributed by atoms with E-state index >= 15 is 0 Å². The summed E-state index contributed by atoms with van der Waals surface area (Å²) in [5, 5.41) is 9.42. The van der Waals surface area contributed by atoms with Crippen LogP contribution in [0.1, 0.15) is 15.2 Å². The lowest BCUT2D eigenvalue weighted by molar-refractivity contribution is 0.0703. The third-order valence-corrected chi connectivity index (χ3v) is 5.99. The monoisotopic (exact) mass is 375 g/mol. The molecule has 0 radical (unpaired) electrons. The van der Waals surface area contributed by atoms with Crippen molar-refractivity contribution in [3.8, 4) is 10.4 Å². The molecule has 25 heavy (non-hydrogen) atoms. The van der Waals surface area contributed by atoms with Crippen LogP contribution in [0.5, 0.6) is 0 Å². The molecule has 1 atom stereocenters. The maximum Gasteiger partial charge on any atom is 0.348 e. The Morgan fingerprint density at radius 1 is 1.16 bits per heavy atom. The van der Waals surface area contributed by atoms with E-state index in [0.717, 1.165) is 16.9 Å². The zero-order valence-electron chi connectivity index (χ0n) is 13.2. The molecule has 0 aliphatic rings.